The van der Waals surface area contributed by atoms with Crippen LogP contribution in [-0.4, -0.2) is 31.7 Å². The van der Waals surface area contributed by atoms with Crippen LogP contribution in [0, 0.1) is 0 Å². The van der Waals surface area contributed by atoms with Gasteiger partial charge in [-0.1, -0.05) is 6.07 Å². The number of amides is 1. The van der Waals surface area contributed by atoms with Gasteiger partial charge in [0.25, 0.3) is 0 Å². The number of carbonyl (C=O) groups excluding carboxylic acids is 1. The number of nitrogens with one attached hydrogen (secondary N) is 2. The summed E-state index contributed by atoms with van der Waals surface area (Å²) in [6.07, 6.45) is -2.32. The molecule has 1 aliphatic rings. The summed E-state index contributed by atoms with van der Waals surface area (Å²) in [6, 6.07) is 4.56. The fourth-order valence-electron chi connectivity index (χ4n) is 2.13. The summed E-state index contributed by atoms with van der Waals surface area (Å²) < 4.78 is 43.0. The van der Waals surface area contributed by atoms with Crippen molar-refractivity contribution in [2.24, 2.45) is 0 Å². The van der Waals surface area contributed by atoms with Crippen LogP contribution in [0.15, 0.2) is 24.3 Å². The Labute approximate surface area is 120 Å². The Kier molecular flexibility index (Phi) is 5.19. The number of hydrogen-bond donors (Lipinski definition) is 2. The van der Waals surface area contributed by atoms with Crippen molar-refractivity contribution in [2.45, 2.75) is 25.1 Å². The molecule has 1 amide bonds. The van der Waals surface area contributed by atoms with E-state index >= 15 is 0 Å². The summed E-state index contributed by atoms with van der Waals surface area (Å²) in [4.78, 5) is 11.7. The van der Waals surface area contributed by atoms with Gasteiger partial charge >= 0.3 is 6.18 Å². The number of ether oxygens (including phenoxy) is 1. The van der Waals surface area contributed by atoms with Gasteiger partial charge in [0.05, 0.1) is 18.2 Å². The van der Waals surface area contributed by atoms with Gasteiger partial charge in [-0.2, -0.15) is 13.2 Å². The minimum Gasteiger partial charge on any atom is -0.377 e. The maximum atomic E-state index is 12.5. The van der Waals surface area contributed by atoms with E-state index < -0.39 is 11.7 Å². The zero-order valence-electron chi connectivity index (χ0n) is 11.4. The van der Waals surface area contributed by atoms with Crippen LogP contribution in [-0.2, 0) is 15.7 Å². The molecule has 2 N–H and O–H groups in total. The second-order valence-electron chi connectivity index (χ2n) is 4.89. The summed E-state index contributed by atoms with van der Waals surface area (Å²) in [5.41, 5.74) is -0.652. The Hall–Kier alpha value is -1.60. The van der Waals surface area contributed by atoms with Gasteiger partial charge in [-0.3, -0.25) is 4.79 Å². The zero-order valence-corrected chi connectivity index (χ0v) is 11.4. The quantitative estimate of drug-likeness (QED) is 0.878. The van der Waals surface area contributed by atoms with Crippen LogP contribution in [0.25, 0.3) is 0 Å². The molecule has 1 aromatic rings. The van der Waals surface area contributed by atoms with Gasteiger partial charge in [-0.15, -0.1) is 0 Å². The number of carbonyl (C=O) groups is 1. The molecule has 0 spiro atoms. The van der Waals surface area contributed by atoms with E-state index in [2.05, 4.69) is 10.6 Å². The number of halogens is 3. The molecule has 1 saturated heterocycles. The van der Waals surface area contributed by atoms with Crippen molar-refractivity contribution in [3.8, 4) is 0 Å². The minimum atomic E-state index is -4.42. The molecule has 1 aromatic carbocycles. The van der Waals surface area contributed by atoms with Crippen LogP contribution in [0.1, 0.15) is 18.4 Å². The zero-order chi connectivity index (χ0) is 15.3. The summed E-state index contributed by atoms with van der Waals surface area (Å²) >= 11 is 0. The predicted molar refractivity (Wildman–Crippen MR) is 71.9 cm³/mol. The highest BCUT2D eigenvalue weighted by Crippen LogP contribution is 2.30. The monoisotopic (exact) mass is 302 g/mol. The molecule has 2 rings (SSSR count). The average Bonchev–Trinajstić information content (AvgIpc) is 2.91. The topological polar surface area (TPSA) is 50.4 Å². The first-order valence-electron chi connectivity index (χ1n) is 6.74. The molecule has 4 nitrogen and oxygen atoms in total. The number of rotatable bonds is 5. The van der Waals surface area contributed by atoms with Crippen molar-refractivity contribution in [1.29, 1.82) is 0 Å². The maximum absolute atomic E-state index is 12.5. The summed E-state index contributed by atoms with van der Waals surface area (Å²) in [7, 11) is 0. The van der Waals surface area contributed by atoms with Crippen LogP contribution < -0.4 is 10.6 Å². The highest BCUT2D eigenvalue weighted by Gasteiger charge is 2.30. The SMILES string of the molecule is O=C(CNC[C@@H]1CCCO1)Nc1cccc(C(F)(F)F)c1. The lowest BCUT2D eigenvalue weighted by Crippen LogP contribution is -2.33. The molecule has 0 aromatic heterocycles. The van der Waals surface area contributed by atoms with Crippen molar-refractivity contribution < 1.29 is 22.7 Å². The Morgan fingerprint density at radius 3 is 2.86 bits per heavy atom. The van der Waals surface area contributed by atoms with Crippen molar-refractivity contribution in [1.82, 2.24) is 5.32 Å². The molecule has 0 aliphatic carbocycles. The van der Waals surface area contributed by atoms with Crippen LogP contribution in [0.3, 0.4) is 0 Å². The number of hydrogen-bond acceptors (Lipinski definition) is 3. The molecular weight excluding hydrogens is 285 g/mol. The van der Waals surface area contributed by atoms with Crippen molar-refractivity contribution in [3.63, 3.8) is 0 Å². The normalized spacial score (nSPS) is 18.7. The fraction of sp³-hybridized carbons (Fsp3) is 0.500. The Bertz CT molecular complexity index is 485. The third-order valence-electron chi connectivity index (χ3n) is 3.16. The van der Waals surface area contributed by atoms with E-state index in [0.29, 0.717) is 6.54 Å². The van der Waals surface area contributed by atoms with Gasteiger partial charge in [-0.05, 0) is 31.0 Å². The second kappa shape index (κ2) is 6.91. The fourth-order valence-corrected chi connectivity index (χ4v) is 2.13. The molecule has 1 heterocycles. The van der Waals surface area contributed by atoms with E-state index in [-0.39, 0.29) is 24.2 Å². The number of alkyl halides is 3. The van der Waals surface area contributed by atoms with Crippen molar-refractivity contribution in [2.75, 3.05) is 25.0 Å². The molecule has 1 aliphatic heterocycles. The largest absolute Gasteiger partial charge is 0.416 e. The first-order valence-corrected chi connectivity index (χ1v) is 6.74. The van der Waals surface area contributed by atoms with Gasteiger partial charge in [0.15, 0.2) is 0 Å². The van der Waals surface area contributed by atoms with Crippen LogP contribution in [0.4, 0.5) is 18.9 Å². The third-order valence-corrected chi connectivity index (χ3v) is 3.16. The molecule has 116 valence electrons. The molecule has 1 atom stereocenters. The molecule has 0 saturated carbocycles. The molecular formula is C14H17F3N2O2. The summed E-state index contributed by atoms with van der Waals surface area (Å²) in [6.45, 7) is 1.34. The van der Waals surface area contributed by atoms with E-state index in [9.17, 15) is 18.0 Å². The van der Waals surface area contributed by atoms with E-state index in [1.54, 1.807) is 0 Å². The predicted octanol–water partition coefficient (Wildman–Crippen LogP) is 2.41. The highest BCUT2D eigenvalue weighted by atomic mass is 19.4. The van der Waals surface area contributed by atoms with E-state index in [1.807, 2.05) is 0 Å². The van der Waals surface area contributed by atoms with Crippen LogP contribution in [0.2, 0.25) is 0 Å². The average molecular weight is 302 g/mol. The van der Waals surface area contributed by atoms with E-state index in [0.717, 1.165) is 31.6 Å². The lowest BCUT2D eigenvalue weighted by Gasteiger charge is -2.12. The van der Waals surface area contributed by atoms with Crippen molar-refractivity contribution >= 4 is 11.6 Å². The summed E-state index contributed by atoms with van der Waals surface area (Å²) in [5.74, 6) is -0.382. The standard InChI is InChI=1S/C14H17F3N2O2/c15-14(16,17)10-3-1-4-11(7-10)19-13(20)9-18-8-12-5-2-6-21-12/h1,3-4,7,12,18H,2,5-6,8-9H2,(H,19,20)/t12-/m0/s1. The molecule has 21 heavy (non-hydrogen) atoms. The maximum Gasteiger partial charge on any atom is 0.416 e. The first-order chi connectivity index (χ1) is 9.95. The third kappa shape index (κ3) is 5.02. The Morgan fingerprint density at radius 2 is 2.19 bits per heavy atom. The number of benzene rings is 1. The molecule has 0 unspecified atom stereocenters. The van der Waals surface area contributed by atoms with Gasteiger partial charge < -0.3 is 15.4 Å². The van der Waals surface area contributed by atoms with Crippen LogP contribution in [0.5, 0.6) is 0 Å². The Balaban J connectivity index is 1.79. The summed E-state index contributed by atoms with van der Waals surface area (Å²) in [5, 5.41) is 5.37. The van der Waals surface area contributed by atoms with Gasteiger partial charge in [-0.25, -0.2) is 0 Å². The molecule has 7 heteroatoms. The second-order valence-corrected chi connectivity index (χ2v) is 4.89. The smallest absolute Gasteiger partial charge is 0.377 e. The van der Waals surface area contributed by atoms with Gasteiger partial charge in [0.1, 0.15) is 0 Å². The van der Waals surface area contributed by atoms with E-state index in [1.165, 1.54) is 12.1 Å². The lowest BCUT2D eigenvalue weighted by atomic mass is 10.2. The van der Waals surface area contributed by atoms with Gasteiger partial charge in [0.2, 0.25) is 5.91 Å². The minimum absolute atomic E-state index is 0.0378. The number of anilines is 1. The van der Waals surface area contributed by atoms with Gasteiger partial charge in [0, 0.05) is 18.8 Å². The molecule has 1 fully saturated rings. The first kappa shape index (κ1) is 15.8. The molecule has 0 radical (unpaired) electrons. The van der Waals surface area contributed by atoms with E-state index in [4.69, 9.17) is 4.74 Å². The van der Waals surface area contributed by atoms with Crippen LogP contribution >= 0.6 is 0 Å². The molecule has 0 bridgehead atoms. The Morgan fingerprint density at radius 1 is 1.38 bits per heavy atom. The lowest BCUT2D eigenvalue weighted by molar-refractivity contribution is -0.137. The highest BCUT2D eigenvalue weighted by molar-refractivity contribution is 5.92. The van der Waals surface area contributed by atoms with Crippen molar-refractivity contribution in [3.05, 3.63) is 29.8 Å².